The fourth-order valence-electron chi connectivity index (χ4n) is 2.30. The standard InChI is InChI=1S/C13H13FN2O2S2/c14-10-2-1-9-3-4-16(13(9)5-10)20(17,18)12-6-11(7-15)19-8-12/h1-2,5-6,8H,3-4,7,15H2. The van der Waals surface area contributed by atoms with Gasteiger partial charge in [-0.2, -0.15) is 0 Å². The molecule has 7 heteroatoms. The van der Waals surface area contributed by atoms with E-state index in [2.05, 4.69) is 0 Å². The predicted octanol–water partition coefficient (Wildman–Crippen LogP) is 2.10. The molecular formula is C13H13FN2O2S2. The minimum atomic E-state index is -3.64. The molecule has 0 radical (unpaired) electrons. The first-order valence-corrected chi connectivity index (χ1v) is 8.43. The summed E-state index contributed by atoms with van der Waals surface area (Å²) in [5.41, 5.74) is 6.80. The number of fused-ring (bicyclic) bond motifs is 1. The van der Waals surface area contributed by atoms with Crippen LogP contribution in [0.25, 0.3) is 0 Å². The maximum absolute atomic E-state index is 13.3. The van der Waals surface area contributed by atoms with Gasteiger partial charge in [0.1, 0.15) is 5.82 Å². The van der Waals surface area contributed by atoms with Crippen LogP contribution in [0.3, 0.4) is 0 Å². The highest BCUT2D eigenvalue weighted by Gasteiger charge is 2.31. The van der Waals surface area contributed by atoms with Gasteiger partial charge in [0.25, 0.3) is 10.0 Å². The van der Waals surface area contributed by atoms with E-state index in [-0.39, 0.29) is 4.90 Å². The molecule has 0 atom stereocenters. The van der Waals surface area contributed by atoms with Crippen LogP contribution in [0.1, 0.15) is 10.4 Å². The largest absolute Gasteiger partial charge is 0.326 e. The average molecular weight is 312 g/mol. The molecule has 4 nitrogen and oxygen atoms in total. The van der Waals surface area contributed by atoms with Crippen molar-refractivity contribution in [2.24, 2.45) is 5.73 Å². The molecule has 0 amide bonds. The zero-order valence-corrected chi connectivity index (χ0v) is 12.2. The fraction of sp³-hybridized carbons (Fsp3) is 0.231. The molecule has 0 saturated heterocycles. The molecule has 1 aliphatic heterocycles. The van der Waals surface area contributed by atoms with Gasteiger partial charge in [-0.25, -0.2) is 12.8 Å². The second-order valence-electron chi connectivity index (χ2n) is 4.55. The number of hydrogen-bond acceptors (Lipinski definition) is 4. The number of nitrogens with two attached hydrogens (primary N) is 1. The van der Waals surface area contributed by atoms with Crippen molar-refractivity contribution in [3.05, 3.63) is 45.9 Å². The lowest BCUT2D eigenvalue weighted by Gasteiger charge is -2.18. The van der Waals surface area contributed by atoms with Crippen LogP contribution in [0.15, 0.2) is 34.5 Å². The van der Waals surface area contributed by atoms with Crippen molar-refractivity contribution in [3.63, 3.8) is 0 Å². The quantitative estimate of drug-likeness (QED) is 0.944. The molecule has 1 aliphatic rings. The number of benzene rings is 1. The fourth-order valence-corrected chi connectivity index (χ4v) is 4.94. The normalized spacial score (nSPS) is 14.6. The van der Waals surface area contributed by atoms with Crippen LogP contribution in [-0.2, 0) is 23.0 Å². The van der Waals surface area contributed by atoms with Gasteiger partial charge in [-0.3, -0.25) is 4.31 Å². The van der Waals surface area contributed by atoms with E-state index in [9.17, 15) is 12.8 Å². The molecule has 1 aromatic carbocycles. The third-order valence-electron chi connectivity index (χ3n) is 3.32. The van der Waals surface area contributed by atoms with Crippen LogP contribution in [0, 0.1) is 5.82 Å². The molecule has 0 aliphatic carbocycles. The molecule has 0 spiro atoms. The first-order chi connectivity index (χ1) is 9.52. The van der Waals surface area contributed by atoms with Crippen LogP contribution < -0.4 is 10.0 Å². The van der Waals surface area contributed by atoms with Gasteiger partial charge in [0.05, 0.1) is 10.6 Å². The van der Waals surface area contributed by atoms with E-state index >= 15 is 0 Å². The first-order valence-electron chi connectivity index (χ1n) is 6.11. The summed E-state index contributed by atoms with van der Waals surface area (Å²) in [6, 6.07) is 5.85. The molecule has 106 valence electrons. The Morgan fingerprint density at radius 1 is 1.35 bits per heavy atom. The Kier molecular flexibility index (Phi) is 3.27. The molecule has 3 rings (SSSR count). The lowest BCUT2D eigenvalue weighted by atomic mass is 10.2. The Balaban J connectivity index is 2.04. The van der Waals surface area contributed by atoms with Gasteiger partial charge in [-0.15, -0.1) is 11.3 Å². The summed E-state index contributed by atoms with van der Waals surface area (Å²) in [6.07, 6.45) is 0.600. The summed E-state index contributed by atoms with van der Waals surface area (Å²) in [5, 5.41) is 1.58. The molecular weight excluding hydrogens is 299 g/mol. The van der Waals surface area contributed by atoms with Gasteiger partial charge < -0.3 is 5.73 Å². The average Bonchev–Trinajstić information content (AvgIpc) is 3.05. The van der Waals surface area contributed by atoms with Crippen LogP contribution in [0.5, 0.6) is 0 Å². The lowest BCUT2D eigenvalue weighted by Crippen LogP contribution is -2.28. The molecule has 20 heavy (non-hydrogen) atoms. The number of anilines is 1. The van der Waals surface area contributed by atoms with E-state index < -0.39 is 15.8 Å². The highest BCUT2D eigenvalue weighted by Crippen LogP contribution is 2.34. The maximum atomic E-state index is 13.3. The van der Waals surface area contributed by atoms with Crippen molar-refractivity contribution in [3.8, 4) is 0 Å². The molecule has 1 aromatic heterocycles. The van der Waals surface area contributed by atoms with Crippen LogP contribution >= 0.6 is 11.3 Å². The van der Waals surface area contributed by atoms with Gasteiger partial charge in [-0.1, -0.05) is 6.07 Å². The van der Waals surface area contributed by atoms with E-state index in [1.807, 2.05) is 0 Å². The van der Waals surface area contributed by atoms with E-state index in [4.69, 9.17) is 5.73 Å². The number of halogens is 1. The minimum absolute atomic E-state index is 0.222. The van der Waals surface area contributed by atoms with E-state index in [0.717, 1.165) is 10.4 Å². The summed E-state index contributed by atoms with van der Waals surface area (Å²) in [4.78, 5) is 1.03. The zero-order chi connectivity index (χ0) is 14.3. The van der Waals surface area contributed by atoms with Gasteiger partial charge in [-0.05, 0) is 30.2 Å². The predicted molar refractivity (Wildman–Crippen MR) is 76.8 cm³/mol. The third-order valence-corrected chi connectivity index (χ3v) is 6.22. The van der Waals surface area contributed by atoms with Gasteiger partial charge in [0.15, 0.2) is 0 Å². The Bertz CT molecular complexity index is 755. The molecule has 0 bridgehead atoms. The summed E-state index contributed by atoms with van der Waals surface area (Å²) in [7, 11) is -3.64. The van der Waals surface area contributed by atoms with Crippen LogP contribution in [0.2, 0.25) is 0 Å². The number of nitrogens with zero attached hydrogens (tertiary/aromatic N) is 1. The molecule has 0 saturated carbocycles. The first kappa shape index (κ1) is 13.5. The highest BCUT2D eigenvalue weighted by molar-refractivity contribution is 7.93. The monoisotopic (exact) mass is 312 g/mol. The molecule has 2 heterocycles. The van der Waals surface area contributed by atoms with E-state index in [0.29, 0.717) is 25.2 Å². The number of sulfonamides is 1. The molecule has 2 N–H and O–H groups in total. The molecule has 2 aromatic rings. The summed E-state index contributed by atoms with van der Waals surface area (Å²) in [5.74, 6) is -0.432. The van der Waals surface area contributed by atoms with Crippen molar-refractivity contribution in [1.82, 2.24) is 0 Å². The van der Waals surface area contributed by atoms with Crippen molar-refractivity contribution in [1.29, 1.82) is 0 Å². The van der Waals surface area contributed by atoms with Gasteiger partial charge in [0.2, 0.25) is 0 Å². The summed E-state index contributed by atoms with van der Waals surface area (Å²) >= 11 is 1.31. The second kappa shape index (κ2) is 4.83. The maximum Gasteiger partial charge on any atom is 0.265 e. The second-order valence-corrected chi connectivity index (χ2v) is 7.41. The van der Waals surface area contributed by atoms with E-state index in [1.54, 1.807) is 17.5 Å². The van der Waals surface area contributed by atoms with Crippen LogP contribution in [-0.4, -0.2) is 15.0 Å². The molecule has 0 fully saturated rings. The number of rotatable bonds is 3. The van der Waals surface area contributed by atoms with Crippen molar-refractivity contribution in [2.45, 2.75) is 17.9 Å². The molecule has 0 unspecified atom stereocenters. The van der Waals surface area contributed by atoms with E-state index in [1.165, 1.54) is 27.8 Å². The number of thiophene rings is 1. The topological polar surface area (TPSA) is 63.4 Å². The third kappa shape index (κ3) is 2.11. The van der Waals surface area contributed by atoms with Crippen molar-refractivity contribution < 1.29 is 12.8 Å². The Morgan fingerprint density at radius 3 is 2.85 bits per heavy atom. The van der Waals surface area contributed by atoms with Gasteiger partial charge in [0, 0.05) is 23.3 Å². The summed E-state index contributed by atoms with van der Waals surface area (Å²) < 4.78 is 39.8. The highest BCUT2D eigenvalue weighted by atomic mass is 32.2. The minimum Gasteiger partial charge on any atom is -0.326 e. The Labute approximate surface area is 120 Å². The van der Waals surface area contributed by atoms with Crippen molar-refractivity contribution in [2.75, 3.05) is 10.8 Å². The SMILES string of the molecule is NCc1cc(S(=O)(=O)N2CCc3ccc(F)cc32)cs1. The summed E-state index contributed by atoms with van der Waals surface area (Å²) in [6.45, 7) is 0.653. The van der Waals surface area contributed by atoms with Crippen molar-refractivity contribution >= 4 is 27.0 Å². The Hall–Kier alpha value is -1.44. The number of hydrogen-bond donors (Lipinski definition) is 1. The Morgan fingerprint density at radius 2 is 2.15 bits per heavy atom. The smallest absolute Gasteiger partial charge is 0.265 e. The lowest BCUT2D eigenvalue weighted by molar-refractivity contribution is 0.592. The van der Waals surface area contributed by atoms with Gasteiger partial charge >= 0.3 is 0 Å². The van der Waals surface area contributed by atoms with Crippen LogP contribution in [0.4, 0.5) is 10.1 Å². The zero-order valence-electron chi connectivity index (χ0n) is 10.5.